The van der Waals surface area contributed by atoms with Crippen molar-refractivity contribution in [2.45, 2.75) is 45.4 Å². The molecule has 0 fully saturated rings. The molecule has 0 unspecified atom stereocenters. The zero-order valence-electron chi connectivity index (χ0n) is 16.0. The minimum Gasteiger partial charge on any atom is -0.207 e. The summed E-state index contributed by atoms with van der Waals surface area (Å²) in [5.74, 6) is 3.61. The monoisotopic (exact) mass is 380 g/mol. The normalized spacial score (nSPS) is 10.7. The molecule has 0 bridgehead atoms. The number of hydrogen-bond acceptors (Lipinski definition) is 0. The maximum atomic E-state index is 14.4. The second kappa shape index (κ2) is 9.46. The third-order valence-corrected chi connectivity index (χ3v) is 4.86. The van der Waals surface area contributed by atoms with E-state index in [2.05, 4.69) is 18.8 Å². The quantitative estimate of drug-likeness (QED) is 0.314. The van der Waals surface area contributed by atoms with Gasteiger partial charge in [-0.05, 0) is 59.5 Å². The highest BCUT2D eigenvalue weighted by Gasteiger charge is 2.12. The fourth-order valence-corrected chi connectivity index (χ4v) is 3.23. The summed E-state index contributed by atoms with van der Waals surface area (Å²) in [6, 6.07) is 13.0. The molecular formula is C25H23F3. The van der Waals surface area contributed by atoms with Gasteiger partial charge in [-0.15, -0.1) is 0 Å². The van der Waals surface area contributed by atoms with E-state index in [4.69, 9.17) is 0 Å². The van der Waals surface area contributed by atoms with Gasteiger partial charge in [-0.3, -0.25) is 0 Å². The van der Waals surface area contributed by atoms with E-state index < -0.39 is 11.6 Å². The van der Waals surface area contributed by atoms with Crippen LogP contribution in [0.3, 0.4) is 0 Å². The Bertz CT molecular complexity index is 1030. The third-order valence-electron chi connectivity index (χ3n) is 4.86. The summed E-state index contributed by atoms with van der Waals surface area (Å²) in [5.41, 5.74) is 1.12. The number of benzene rings is 3. The number of aryl methyl sites for hydroxylation is 1. The Balaban J connectivity index is 1.74. The molecule has 3 aromatic carbocycles. The molecule has 0 aliphatic carbocycles. The van der Waals surface area contributed by atoms with Gasteiger partial charge in [-0.2, -0.15) is 0 Å². The highest BCUT2D eigenvalue weighted by atomic mass is 19.2. The van der Waals surface area contributed by atoms with Crippen LogP contribution in [0, 0.1) is 29.3 Å². The lowest BCUT2D eigenvalue weighted by Crippen LogP contribution is -1.98. The third kappa shape index (κ3) is 4.95. The van der Waals surface area contributed by atoms with E-state index in [1.165, 1.54) is 18.6 Å². The fourth-order valence-electron chi connectivity index (χ4n) is 3.23. The summed E-state index contributed by atoms with van der Waals surface area (Å²) in [6.45, 7) is 2.15. The van der Waals surface area contributed by atoms with Crippen LogP contribution in [0.5, 0.6) is 0 Å². The Morgan fingerprint density at radius 3 is 2.29 bits per heavy atom. The topological polar surface area (TPSA) is 0 Å². The first-order valence-corrected chi connectivity index (χ1v) is 9.76. The van der Waals surface area contributed by atoms with Crippen LogP contribution in [0.4, 0.5) is 13.2 Å². The first kappa shape index (κ1) is 20.0. The number of halogens is 3. The van der Waals surface area contributed by atoms with E-state index in [0.717, 1.165) is 36.5 Å². The van der Waals surface area contributed by atoms with Crippen LogP contribution in [-0.2, 0) is 6.42 Å². The van der Waals surface area contributed by atoms with Gasteiger partial charge < -0.3 is 0 Å². The van der Waals surface area contributed by atoms with Gasteiger partial charge in [-0.25, -0.2) is 13.2 Å². The van der Waals surface area contributed by atoms with Crippen LogP contribution in [0.15, 0.2) is 48.5 Å². The second-order valence-electron chi connectivity index (χ2n) is 7.02. The maximum Gasteiger partial charge on any atom is 0.174 e. The summed E-state index contributed by atoms with van der Waals surface area (Å²) < 4.78 is 42.0. The number of unbranched alkanes of at least 4 members (excludes halogenated alkanes) is 4. The van der Waals surface area contributed by atoms with Gasteiger partial charge in [0.15, 0.2) is 11.6 Å². The van der Waals surface area contributed by atoms with Crippen LogP contribution in [0.1, 0.15) is 55.7 Å². The highest BCUT2D eigenvalue weighted by Crippen LogP contribution is 2.20. The zero-order chi connectivity index (χ0) is 19.9. The van der Waals surface area contributed by atoms with Gasteiger partial charge in [0.2, 0.25) is 0 Å². The molecule has 0 radical (unpaired) electrons. The summed E-state index contributed by atoms with van der Waals surface area (Å²) in [5, 5.41) is 1.62. The van der Waals surface area contributed by atoms with Gasteiger partial charge in [-0.1, -0.05) is 62.6 Å². The average molecular weight is 380 g/mol. The molecule has 0 saturated carbocycles. The average Bonchev–Trinajstić information content (AvgIpc) is 2.70. The van der Waals surface area contributed by atoms with Crippen molar-refractivity contribution in [3.8, 4) is 11.8 Å². The lowest BCUT2D eigenvalue weighted by molar-refractivity contribution is 0.493. The van der Waals surface area contributed by atoms with Crippen molar-refractivity contribution in [3.63, 3.8) is 0 Å². The van der Waals surface area contributed by atoms with E-state index in [0.29, 0.717) is 17.5 Å². The molecule has 0 N–H and O–H groups in total. The van der Waals surface area contributed by atoms with Gasteiger partial charge in [0, 0.05) is 5.56 Å². The summed E-state index contributed by atoms with van der Waals surface area (Å²) in [6.07, 6.45) is 5.89. The first-order chi connectivity index (χ1) is 13.6. The fraction of sp³-hybridized carbons (Fsp3) is 0.280. The van der Waals surface area contributed by atoms with Crippen LogP contribution < -0.4 is 0 Å². The number of rotatable bonds is 6. The smallest absolute Gasteiger partial charge is 0.174 e. The lowest BCUT2D eigenvalue weighted by Gasteiger charge is -2.05. The molecule has 3 aromatic rings. The molecule has 0 saturated heterocycles. The summed E-state index contributed by atoms with van der Waals surface area (Å²) in [7, 11) is 0. The molecule has 144 valence electrons. The second-order valence-corrected chi connectivity index (χ2v) is 7.02. The number of hydrogen-bond donors (Lipinski definition) is 0. The first-order valence-electron chi connectivity index (χ1n) is 9.76. The molecule has 0 heterocycles. The summed E-state index contributed by atoms with van der Waals surface area (Å²) in [4.78, 5) is 0. The molecule has 3 rings (SSSR count). The standard InChI is InChI=1S/C25H23F3/c1-2-3-4-5-6-7-19-12-13-20(25(28)24(19)27)10-8-18-9-11-22-17-23(26)15-14-21(22)16-18/h9,11-17H,2-7H2,1H3. The van der Waals surface area contributed by atoms with Gasteiger partial charge in [0.1, 0.15) is 5.82 Å². The molecular weight excluding hydrogens is 357 g/mol. The Morgan fingerprint density at radius 2 is 1.46 bits per heavy atom. The van der Waals surface area contributed by atoms with E-state index in [1.807, 2.05) is 0 Å². The zero-order valence-corrected chi connectivity index (χ0v) is 16.0. The minimum atomic E-state index is -0.888. The van der Waals surface area contributed by atoms with Crippen molar-refractivity contribution in [1.29, 1.82) is 0 Å². The van der Waals surface area contributed by atoms with Crippen molar-refractivity contribution in [1.82, 2.24) is 0 Å². The predicted molar refractivity (Wildman–Crippen MR) is 109 cm³/mol. The largest absolute Gasteiger partial charge is 0.207 e. The van der Waals surface area contributed by atoms with Crippen molar-refractivity contribution in [2.24, 2.45) is 0 Å². The van der Waals surface area contributed by atoms with E-state index in [9.17, 15) is 13.2 Å². The molecule has 0 aromatic heterocycles. The van der Waals surface area contributed by atoms with Crippen LogP contribution in [-0.4, -0.2) is 0 Å². The Labute approximate surface area is 164 Å². The van der Waals surface area contributed by atoms with Gasteiger partial charge >= 0.3 is 0 Å². The van der Waals surface area contributed by atoms with Crippen molar-refractivity contribution in [3.05, 3.63) is 82.7 Å². The van der Waals surface area contributed by atoms with E-state index in [1.54, 1.807) is 36.4 Å². The molecule has 28 heavy (non-hydrogen) atoms. The van der Waals surface area contributed by atoms with E-state index >= 15 is 0 Å². The maximum absolute atomic E-state index is 14.4. The summed E-state index contributed by atoms with van der Waals surface area (Å²) >= 11 is 0. The van der Waals surface area contributed by atoms with Crippen LogP contribution >= 0.6 is 0 Å². The van der Waals surface area contributed by atoms with Crippen molar-refractivity contribution < 1.29 is 13.2 Å². The lowest BCUT2D eigenvalue weighted by atomic mass is 10.0. The van der Waals surface area contributed by atoms with Crippen molar-refractivity contribution >= 4 is 10.8 Å². The minimum absolute atomic E-state index is 0.0476. The SMILES string of the molecule is CCCCCCCc1ccc(C#Cc2ccc3cc(F)ccc3c2)c(F)c1F. The highest BCUT2D eigenvalue weighted by molar-refractivity contribution is 5.83. The molecule has 0 atom stereocenters. The van der Waals surface area contributed by atoms with Gasteiger partial charge in [0.25, 0.3) is 0 Å². The predicted octanol–water partition coefficient (Wildman–Crippen LogP) is 7.17. The number of fused-ring (bicyclic) bond motifs is 1. The van der Waals surface area contributed by atoms with Crippen LogP contribution in [0.25, 0.3) is 10.8 Å². The molecule has 3 heteroatoms. The molecule has 0 amide bonds. The molecule has 0 spiro atoms. The Kier molecular flexibility index (Phi) is 6.76. The molecule has 0 aliphatic heterocycles. The molecule has 0 aliphatic rings. The van der Waals surface area contributed by atoms with Gasteiger partial charge in [0.05, 0.1) is 5.56 Å². The Morgan fingerprint density at radius 1 is 0.714 bits per heavy atom. The Hall–Kier alpha value is -2.73. The van der Waals surface area contributed by atoms with E-state index in [-0.39, 0.29) is 11.4 Å². The van der Waals surface area contributed by atoms with Crippen LogP contribution in [0.2, 0.25) is 0 Å². The molecule has 0 nitrogen and oxygen atoms in total. The van der Waals surface area contributed by atoms with Crippen molar-refractivity contribution in [2.75, 3.05) is 0 Å².